The fourth-order valence-corrected chi connectivity index (χ4v) is 12.5. The van der Waals surface area contributed by atoms with Crippen LogP contribution in [0, 0.1) is 50.2 Å². The maximum Gasteiger partial charge on any atom is 0.226 e. The van der Waals surface area contributed by atoms with Crippen LogP contribution in [0.15, 0.2) is 46.5 Å². The Morgan fingerprint density at radius 2 is 1.68 bits per heavy atom. The first-order chi connectivity index (χ1) is 22.1. The van der Waals surface area contributed by atoms with Crippen molar-refractivity contribution in [3.63, 3.8) is 0 Å². The Bertz CT molecular complexity index is 1560. The van der Waals surface area contributed by atoms with Crippen LogP contribution in [-0.4, -0.2) is 23.6 Å². The summed E-state index contributed by atoms with van der Waals surface area (Å²) in [5.41, 5.74) is 4.19. The van der Waals surface area contributed by atoms with Gasteiger partial charge in [-0.05, 0) is 133 Å². The first-order valence-electron chi connectivity index (χ1n) is 18.3. The van der Waals surface area contributed by atoms with Crippen LogP contribution in [0.25, 0.3) is 11.3 Å². The van der Waals surface area contributed by atoms with Crippen LogP contribution >= 0.6 is 11.6 Å². The largest absolute Gasteiger partial charge is 0.497 e. The summed E-state index contributed by atoms with van der Waals surface area (Å²) in [6.07, 6.45) is 14.3. The van der Waals surface area contributed by atoms with Gasteiger partial charge in [-0.15, -0.1) is 11.6 Å². The molecule has 0 bridgehead atoms. The summed E-state index contributed by atoms with van der Waals surface area (Å²) in [5, 5.41) is 7.80. The molecule has 7 rings (SSSR count). The standard InChI is InChI=1S/C41H57ClN2O3/c1-36(2)32-15-18-41(7)33(39(32,5)17-16-34(36)42)14-13-29-30-24-38(4,20-19-37(30,3)21-22-40(29,41)6)35(45)43-25-28-23-31(44-47-28)26-9-11-27(46-8)12-10-26/h9-13,23,30,32-34H,14-22,24-25H2,1-8H3,(H,43,45)/t30-,32?,33?,34-,37+,38-,39-,40+,41+/m0/s1. The number of halogens is 1. The minimum Gasteiger partial charge on any atom is -0.497 e. The van der Waals surface area contributed by atoms with Crippen LogP contribution in [0.2, 0.25) is 0 Å². The summed E-state index contributed by atoms with van der Waals surface area (Å²) in [5.74, 6) is 3.41. The van der Waals surface area contributed by atoms with Crippen molar-refractivity contribution in [1.82, 2.24) is 10.5 Å². The lowest BCUT2D eigenvalue weighted by Gasteiger charge is -2.71. The van der Waals surface area contributed by atoms with E-state index in [9.17, 15) is 4.79 Å². The summed E-state index contributed by atoms with van der Waals surface area (Å²) in [6, 6.07) is 9.70. The van der Waals surface area contributed by atoms with Gasteiger partial charge in [-0.1, -0.05) is 65.3 Å². The topological polar surface area (TPSA) is 64.4 Å². The van der Waals surface area contributed by atoms with Crippen LogP contribution in [0.4, 0.5) is 0 Å². The zero-order chi connectivity index (χ0) is 33.6. The summed E-state index contributed by atoms with van der Waals surface area (Å²) in [4.78, 5) is 14.0. The number of carbonyl (C=O) groups excluding carboxylic acids is 1. The molecule has 1 aromatic heterocycles. The van der Waals surface area contributed by atoms with E-state index < -0.39 is 5.41 Å². The lowest BCUT2D eigenvalue weighted by molar-refractivity contribution is -0.179. The highest BCUT2D eigenvalue weighted by Gasteiger charge is 2.68. The number of carbonyl (C=O) groups is 1. The highest BCUT2D eigenvalue weighted by molar-refractivity contribution is 6.21. The highest BCUT2D eigenvalue weighted by atomic mass is 35.5. The van der Waals surface area contributed by atoms with Crippen LogP contribution in [-0.2, 0) is 11.3 Å². The predicted molar refractivity (Wildman–Crippen MR) is 189 cm³/mol. The van der Waals surface area contributed by atoms with Crippen LogP contribution in [0.3, 0.4) is 0 Å². The molecule has 4 saturated carbocycles. The van der Waals surface area contributed by atoms with Gasteiger partial charge in [0.25, 0.3) is 0 Å². The van der Waals surface area contributed by atoms with Gasteiger partial charge < -0.3 is 14.6 Å². The van der Waals surface area contributed by atoms with E-state index in [0.29, 0.717) is 35.5 Å². The van der Waals surface area contributed by atoms with E-state index in [0.717, 1.165) is 42.7 Å². The molecule has 5 aliphatic rings. The van der Waals surface area contributed by atoms with E-state index in [1.54, 1.807) is 12.7 Å². The summed E-state index contributed by atoms with van der Waals surface area (Å²) in [7, 11) is 1.66. The first kappa shape index (κ1) is 33.2. The number of rotatable bonds is 5. The van der Waals surface area contributed by atoms with Crippen molar-refractivity contribution in [3.8, 4) is 17.0 Å². The second kappa shape index (κ2) is 11.1. The molecule has 4 fully saturated rings. The van der Waals surface area contributed by atoms with E-state index >= 15 is 0 Å². The molecule has 0 aliphatic heterocycles. The fourth-order valence-electron chi connectivity index (χ4n) is 12.2. The third-order valence-corrected chi connectivity index (χ3v) is 16.4. The second-order valence-electron chi connectivity index (χ2n) is 18.2. The minimum atomic E-state index is -0.410. The van der Waals surface area contributed by atoms with Crippen molar-refractivity contribution in [2.24, 2.45) is 50.2 Å². The molecule has 2 unspecified atom stereocenters. The minimum absolute atomic E-state index is 0.141. The van der Waals surface area contributed by atoms with Gasteiger partial charge >= 0.3 is 0 Å². The molecule has 1 N–H and O–H groups in total. The number of nitrogens with one attached hydrogen (secondary N) is 1. The van der Waals surface area contributed by atoms with Gasteiger partial charge in [0.2, 0.25) is 5.91 Å². The van der Waals surface area contributed by atoms with Gasteiger partial charge in [-0.3, -0.25) is 4.79 Å². The molecule has 9 atom stereocenters. The van der Waals surface area contributed by atoms with Gasteiger partial charge in [0.05, 0.1) is 13.7 Å². The number of benzene rings is 1. The van der Waals surface area contributed by atoms with Crippen molar-refractivity contribution in [2.45, 2.75) is 125 Å². The molecule has 2 aromatic rings. The Hall–Kier alpha value is -2.27. The number of ether oxygens (including phenoxy) is 1. The Morgan fingerprint density at radius 3 is 2.40 bits per heavy atom. The van der Waals surface area contributed by atoms with Crippen molar-refractivity contribution >= 4 is 17.5 Å². The van der Waals surface area contributed by atoms with E-state index in [-0.39, 0.29) is 32.9 Å². The van der Waals surface area contributed by atoms with E-state index in [1.165, 1.54) is 38.5 Å². The zero-order valence-electron chi connectivity index (χ0n) is 30.1. The van der Waals surface area contributed by atoms with Crippen LogP contribution in [0.5, 0.6) is 5.75 Å². The smallest absolute Gasteiger partial charge is 0.226 e. The molecule has 1 heterocycles. The summed E-state index contributed by atoms with van der Waals surface area (Å²) < 4.78 is 10.9. The summed E-state index contributed by atoms with van der Waals surface area (Å²) >= 11 is 7.02. The quantitative estimate of drug-likeness (QED) is 0.256. The average Bonchev–Trinajstić information content (AvgIpc) is 3.52. The number of nitrogens with zero attached hydrogens (tertiary/aromatic N) is 1. The first-order valence-corrected chi connectivity index (χ1v) is 18.8. The maximum atomic E-state index is 14.0. The van der Waals surface area contributed by atoms with Crippen molar-refractivity contribution in [1.29, 1.82) is 0 Å². The normalized spacial score (nSPS) is 42.2. The molecule has 0 spiro atoms. The van der Waals surface area contributed by atoms with E-state index in [2.05, 4.69) is 65.0 Å². The number of fused-ring (bicyclic) bond motifs is 7. The Balaban J connectivity index is 1.10. The molecule has 47 heavy (non-hydrogen) atoms. The molecule has 1 aromatic carbocycles. The molecular formula is C41H57ClN2O3. The number of hydrogen-bond donors (Lipinski definition) is 1. The van der Waals surface area contributed by atoms with E-state index in [1.807, 2.05) is 30.3 Å². The number of methoxy groups -OCH3 is 1. The predicted octanol–water partition coefficient (Wildman–Crippen LogP) is 10.4. The van der Waals surface area contributed by atoms with Gasteiger partial charge in [0, 0.05) is 22.4 Å². The van der Waals surface area contributed by atoms with Crippen LogP contribution < -0.4 is 10.1 Å². The van der Waals surface area contributed by atoms with Gasteiger partial charge in [0.1, 0.15) is 11.4 Å². The number of alkyl halides is 1. The lowest BCUT2D eigenvalue weighted by atomic mass is 9.34. The molecule has 6 heteroatoms. The molecule has 256 valence electrons. The fraction of sp³-hybridized carbons (Fsp3) is 0.707. The van der Waals surface area contributed by atoms with Crippen molar-refractivity contribution in [2.75, 3.05) is 7.11 Å². The molecule has 5 nitrogen and oxygen atoms in total. The third-order valence-electron chi connectivity index (χ3n) is 15.7. The molecule has 0 saturated heterocycles. The number of amides is 1. The van der Waals surface area contributed by atoms with Gasteiger partial charge in [-0.2, -0.15) is 0 Å². The molecule has 1 amide bonds. The number of hydrogen-bond acceptors (Lipinski definition) is 4. The SMILES string of the molecule is COc1ccc(-c2cc(CNC(=O)[C@@]3(C)CC[C@]4(C)CC[C@]5(C)C(=CCC6[C@@]7(C)CC[C@H](Cl)C(C)(C)C7CC[C@]65C)[C@@H]4C3)on2)cc1. The Morgan fingerprint density at radius 1 is 0.957 bits per heavy atom. The lowest BCUT2D eigenvalue weighted by Crippen LogP contribution is -2.64. The average molecular weight is 661 g/mol. The molecule has 5 aliphatic carbocycles. The summed E-state index contributed by atoms with van der Waals surface area (Å²) in [6.45, 7) is 17.9. The number of allylic oxidation sites excluding steroid dienone is 2. The van der Waals surface area contributed by atoms with Crippen molar-refractivity contribution in [3.05, 3.63) is 47.7 Å². The third kappa shape index (κ3) is 4.89. The molecule has 0 radical (unpaired) electrons. The zero-order valence-corrected chi connectivity index (χ0v) is 30.9. The monoisotopic (exact) mass is 660 g/mol. The van der Waals surface area contributed by atoms with Gasteiger partial charge in [0.15, 0.2) is 5.76 Å². The highest BCUT2D eigenvalue weighted by Crippen LogP contribution is 2.75. The Labute approximate surface area is 288 Å². The second-order valence-corrected chi connectivity index (χ2v) is 18.7. The van der Waals surface area contributed by atoms with Gasteiger partial charge in [-0.25, -0.2) is 0 Å². The van der Waals surface area contributed by atoms with E-state index in [4.69, 9.17) is 20.9 Å². The van der Waals surface area contributed by atoms with Crippen LogP contribution in [0.1, 0.15) is 118 Å². The Kier molecular flexibility index (Phi) is 7.87. The molecular weight excluding hydrogens is 604 g/mol. The maximum absolute atomic E-state index is 14.0. The van der Waals surface area contributed by atoms with Crippen molar-refractivity contribution < 1.29 is 14.1 Å². The number of aromatic nitrogens is 1.